The van der Waals surface area contributed by atoms with Crippen molar-refractivity contribution in [2.45, 2.75) is 26.4 Å². The number of nitrogens with zero attached hydrogens (tertiary/aromatic N) is 1. The molecule has 2 amide bonds. The summed E-state index contributed by atoms with van der Waals surface area (Å²) in [6.07, 6.45) is 0. The minimum absolute atomic E-state index is 0.0577. The number of nitrogens with two attached hydrogens (primary N) is 1. The molecule has 98 valence electrons. The molecule has 0 fully saturated rings. The van der Waals surface area contributed by atoms with E-state index in [1.807, 2.05) is 44.2 Å². The number of hydrogen-bond acceptors (Lipinski definition) is 2. The third kappa shape index (κ3) is 4.71. The second-order valence-electron chi connectivity index (χ2n) is 4.33. The smallest absolute Gasteiger partial charge is 0.318 e. The van der Waals surface area contributed by atoms with E-state index < -0.39 is 0 Å². The molecular weight excluding hydrogens is 246 g/mol. The number of rotatable bonds is 5. The molecule has 0 atom stereocenters. The lowest BCUT2D eigenvalue weighted by atomic mass is 10.2. The van der Waals surface area contributed by atoms with Gasteiger partial charge >= 0.3 is 6.03 Å². The van der Waals surface area contributed by atoms with Crippen LogP contribution in [-0.2, 0) is 6.54 Å². The number of hydrogen-bond donors (Lipinski definition) is 2. The van der Waals surface area contributed by atoms with Crippen molar-refractivity contribution in [2.24, 2.45) is 5.73 Å². The van der Waals surface area contributed by atoms with Crippen molar-refractivity contribution >= 4 is 23.2 Å². The van der Waals surface area contributed by atoms with Gasteiger partial charge in [0, 0.05) is 12.6 Å². The molecule has 0 heterocycles. The Bertz CT molecular complexity index is 406. The lowest BCUT2D eigenvalue weighted by molar-refractivity contribution is 0.192. The third-order valence-corrected chi connectivity index (χ3v) is 2.63. The summed E-state index contributed by atoms with van der Waals surface area (Å²) in [5.74, 6) is 0. The van der Waals surface area contributed by atoms with E-state index in [2.05, 4.69) is 5.32 Å². The Hall–Kier alpha value is -1.62. The summed E-state index contributed by atoms with van der Waals surface area (Å²) in [5.41, 5.74) is 6.55. The summed E-state index contributed by atoms with van der Waals surface area (Å²) in [7, 11) is 0. The Labute approximate surface area is 113 Å². The van der Waals surface area contributed by atoms with Crippen LogP contribution in [0.5, 0.6) is 0 Å². The van der Waals surface area contributed by atoms with Gasteiger partial charge in [0.2, 0.25) is 0 Å². The molecule has 1 rings (SSSR count). The minimum atomic E-state index is -0.151. The molecule has 0 unspecified atom stereocenters. The van der Waals surface area contributed by atoms with Gasteiger partial charge in [-0.3, -0.25) is 0 Å². The van der Waals surface area contributed by atoms with Crippen LogP contribution >= 0.6 is 12.2 Å². The zero-order valence-electron chi connectivity index (χ0n) is 10.7. The van der Waals surface area contributed by atoms with Gasteiger partial charge in [0.05, 0.1) is 11.5 Å². The number of thiocarbonyl (C=S) groups is 1. The van der Waals surface area contributed by atoms with E-state index in [9.17, 15) is 4.79 Å². The first-order valence-corrected chi connectivity index (χ1v) is 6.28. The summed E-state index contributed by atoms with van der Waals surface area (Å²) < 4.78 is 0. The zero-order chi connectivity index (χ0) is 13.5. The molecular formula is C13H19N3OS. The van der Waals surface area contributed by atoms with E-state index in [0.29, 0.717) is 18.1 Å². The fourth-order valence-corrected chi connectivity index (χ4v) is 1.67. The van der Waals surface area contributed by atoms with E-state index in [-0.39, 0.29) is 12.1 Å². The summed E-state index contributed by atoms with van der Waals surface area (Å²) >= 11 is 4.84. The number of carbonyl (C=O) groups excluding carboxylic acids is 1. The molecule has 0 aliphatic rings. The largest absolute Gasteiger partial charge is 0.392 e. The average Bonchev–Trinajstić information content (AvgIpc) is 2.34. The second kappa shape index (κ2) is 6.96. The standard InChI is InChI=1S/C13H19N3OS/c1-10(2)16(9-12(14)18)13(17)15-8-11-6-4-3-5-7-11/h3-7,10H,8-9H2,1-2H3,(H2,14,18)(H,15,17). The third-order valence-electron chi connectivity index (χ3n) is 2.50. The van der Waals surface area contributed by atoms with E-state index in [0.717, 1.165) is 5.56 Å². The van der Waals surface area contributed by atoms with Crippen molar-refractivity contribution in [1.29, 1.82) is 0 Å². The maximum absolute atomic E-state index is 12.0. The van der Waals surface area contributed by atoms with E-state index in [4.69, 9.17) is 18.0 Å². The molecule has 0 saturated heterocycles. The Morgan fingerprint density at radius 3 is 2.50 bits per heavy atom. The Balaban J connectivity index is 2.54. The normalized spacial score (nSPS) is 10.2. The Kier molecular flexibility index (Phi) is 5.58. The second-order valence-corrected chi connectivity index (χ2v) is 4.86. The van der Waals surface area contributed by atoms with Gasteiger partial charge in [-0.15, -0.1) is 0 Å². The highest BCUT2D eigenvalue weighted by Gasteiger charge is 2.16. The maximum atomic E-state index is 12.0. The number of urea groups is 1. The molecule has 5 heteroatoms. The number of benzene rings is 1. The predicted octanol–water partition coefficient (Wildman–Crippen LogP) is 1.89. The van der Waals surface area contributed by atoms with Gasteiger partial charge in [-0.25, -0.2) is 4.79 Å². The van der Waals surface area contributed by atoms with Crippen molar-refractivity contribution in [1.82, 2.24) is 10.2 Å². The molecule has 0 aromatic heterocycles. The van der Waals surface area contributed by atoms with Crippen LogP contribution < -0.4 is 11.1 Å². The quantitative estimate of drug-likeness (QED) is 0.799. The molecule has 0 aliphatic heterocycles. The van der Waals surface area contributed by atoms with Crippen LogP contribution in [0.2, 0.25) is 0 Å². The summed E-state index contributed by atoms with van der Waals surface area (Å²) in [6, 6.07) is 9.66. The minimum Gasteiger partial charge on any atom is -0.392 e. The van der Waals surface area contributed by atoms with Crippen LogP contribution in [0.15, 0.2) is 30.3 Å². The molecule has 0 bridgehead atoms. The number of nitrogens with one attached hydrogen (secondary N) is 1. The fraction of sp³-hybridized carbons (Fsp3) is 0.385. The molecule has 3 N–H and O–H groups in total. The number of amides is 2. The molecule has 1 aromatic rings. The highest BCUT2D eigenvalue weighted by molar-refractivity contribution is 7.80. The lowest BCUT2D eigenvalue weighted by Crippen LogP contribution is -2.47. The van der Waals surface area contributed by atoms with Crippen molar-refractivity contribution in [3.05, 3.63) is 35.9 Å². The topological polar surface area (TPSA) is 58.4 Å². The first kappa shape index (κ1) is 14.4. The van der Waals surface area contributed by atoms with Crippen molar-refractivity contribution in [3.63, 3.8) is 0 Å². The van der Waals surface area contributed by atoms with E-state index in [1.165, 1.54) is 0 Å². The lowest BCUT2D eigenvalue weighted by Gasteiger charge is -2.26. The van der Waals surface area contributed by atoms with Crippen LogP contribution in [-0.4, -0.2) is 28.5 Å². The van der Waals surface area contributed by atoms with Crippen LogP contribution in [0, 0.1) is 0 Å². The van der Waals surface area contributed by atoms with Crippen molar-refractivity contribution < 1.29 is 4.79 Å². The SMILES string of the molecule is CC(C)N(CC(N)=S)C(=O)NCc1ccccc1. The molecule has 0 aliphatic carbocycles. The van der Waals surface area contributed by atoms with Gasteiger partial charge in [0.15, 0.2) is 0 Å². The predicted molar refractivity (Wildman–Crippen MR) is 77.3 cm³/mol. The van der Waals surface area contributed by atoms with Gasteiger partial charge in [-0.2, -0.15) is 0 Å². The molecule has 0 saturated carbocycles. The van der Waals surface area contributed by atoms with Gasteiger partial charge in [0.25, 0.3) is 0 Å². The van der Waals surface area contributed by atoms with E-state index >= 15 is 0 Å². The average molecular weight is 265 g/mol. The summed E-state index contributed by atoms with van der Waals surface area (Å²) in [4.78, 5) is 13.9. The first-order valence-electron chi connectivity index (χ1n) is 5.87. The zero-order valence-corrected chi connectivity index (χ0v) is 11.5. The van der Waals surface area contributed by atoms with Crippen molar-refractivity contribution in [3.8, 4) is 0 Å². The number of carbonyl (C=O) groups is 1. The molecule has 0 spiro atoms. The van der Waals surface area contributed by atoms with Gasteiger partial charge in [-0.1, -0.05) is 42.5 Å². The first-order chi connectivity index (χ1) is 8.50. The van der Waals surface area contributed by atoms with E-state index in [1.54, 1.807) is 4.90 Å². The highest BCUT2D eigenvalue weighted by Crippen LogP contribution is 2.01. The highest BCUT2D eigenvalue weighted by atomic mass is 32.1. The molecule has 1 aromatic carbocycles. The molecule has 18 heavy (non-hydrogen) atoms. The Morgan fingerprint density at radius 2 is 2.00 bits per heavy atom. The maximum Gasteiger partial charge on any atom is 0.318 e. The fourth-order valence-electron chi connectivity index (χ4n) is 1.53. The van der Waals surface area contributed by atoms with Gasteiger partial charge in [-0.05, 0) is 19.4 Å². The van der Waals surface area contributed by atoms with Gasteiger partial charge < -0.3 is 16.0 Å². The van der Waals surface area contributed by atoms with Crippen LogP contribution in [0.3, 0.4) is 0 Å². The van der Waals surface area contributed by atoms with Gasteiger partial charge in [0.1, 0.15) is 0 Å². The monoisotopic (exact) mass is 265 g/mol. The summed E-state index contributed by atoms with van der Waals surface area (Å²) in [6.45, 7) is 4.66. The molecule has 4 nitrogen and oxygen atoms in total. The van der Waals surface area contributed by atoms with Crippen LogP contribution in [0.4, 0.5) is 4.79 Å². The van der Waals surface area contributed by atoms with Crippen LogP contribution in [0.1, 0.15) is 19.4 Å². The Morgan fingerprint density at radius 1 is 1.39 bits per heavy atom. The van der Waals surface area contributed by atoms with Crippen LogP contribution in [0.25, 0.3) is 0 Å². The summed E-state index contributed by atoms with van der Waals surface area (Å²) in [5, 5.41) is 2.86. The van der Waals surface area contributed by atoms with Crippen molar-refractivity contribution in [2.75, 3.05) is 6.54 Å². The molecule has 0 radical (unpaired) electrons.